The summed E-state index contributed by atoms with van der Waals surface area (Å²) in [4.78, 5) is 38.1. The first-order chi connectivity index (χ1) is 16.2. The van der Waals surface area contributed by atoms with E-state index in [1.807, 2.05) is 45.0 Å². The Labute approximate surface area is 200 Å². The number of carboxylic acids is 1. The van der Waals surface area contributed by atoms with Crippen LogP contribution in [0.4, 0.5) is 4.79 Å². The van der Waals surface area contributed by atoms with E-state index < -0.39 is 23.5 Å². The van der Waals surface area contributed by atoms with E-state index in [-0.39, 0.29) is 30.9 Å². The molecule has 1 saturated heterocycles. The summed E-state index contributed by atoms with van der Waals surface area (Å²) < 4.78 is 5.61. The van der Waals surface area contributed by atoms with Crippen molar-refractivity contribution in [2.45, 2.75) is 58.0 Å². The molecule has 7 heteroatoms. The van der Waals surface area contributed by atoms with Crippen LogP contribution in [0.25, 0.3) is 11.1 Å². The van der Waals surface area contributed by atoms with Gasteiger partial charge in [0.2, 0.25) is 5.91 Å². The molecule has 0 bridgehead atoms. The largest absolute Gasteiger partial charge is 0.480 e. The third-order valence-corrected chi connectivity index (χ3v) is 7.05. The normalized spacial score (nSPS) is 18.9. The van der Waals surface area contributed by atoms with Crippen molar-refractivity contribution in [1.82, 2.24) is 10.2 Å². The molecule has 2 amide bonds. The third-order valence-electron chi connectivity index (χ3n) is 7.05. The maximum absolute atomic E-state index is 12.6. The van der Waals surface area contributed by atoms with E-state index in [1.165, 1.54) is 16.0 Å². The van der Waals surface area contributed by atoms with Gasteiger partial charge in [-0.05, 0) is 35.1 Å². The Morgan fingerprint density at radius 3 is 2.21 bits per heavy atom. The number of ether oxygens (including phenoxy) is 1. The second kappa shape index (κ2) is 9.49. The quantitative estimate of drug-likeness (QED) is 0.604. The van der Waals surface area contributed by atoms with Crippen LogP contribution in [0.1, 0.15) is 57.1 Å². The highest BCUT2D eigenvalue weighted by molar-refractivity contribution is 5.86. The standard InChI is InChI=1S/C27H32N2O5/c1-4-17(13-14-23(30)29-16-27(2,3)24(29)25(31)32)28-26(33)34-15-22-20-11-7-5-9-18(20)19-10-6-8-12-21(19)22/h5-12,17,22,24H,4,13-16H2,1-3H3,(H,28,33)(H,31,32). The Hall–Kier alpha value is -3.35. The highest BCUT2D eigenvalue weighted by Gasteiger charge is 2.52. The monoisotopic (exact) mass is 464 g/mol. The molecule has 0 aromatic heterocycles. The van der Waals surface area contributed by atoms with Gasteiger partial charge in [0.05, 0.1) is 0 Å². The molecule has 2 aromatic rings. The highest BCUT2D eigenvalue weighted by atomic mass is 16.5. The average molecular weight is 465 g/mol. The molecule has 0 radical (unpaired) electrons. The van der Waals surface area contributed by atoms with Crippen molar-refractivity contribution in [2.75, 3.05) is 13.2 Å². The molecule has 4 rings (SSSR count). The molecular weight excluding hydrogens is 432 g/mol. The zero-order chi connectivity index (χ0) is 24.5. The lowest BCUT2D eigenvalue weighted by atomic mass is 9.74. The fraction of sp³-hybridized carbons (Fsp3) is 0.444. The van der Waals surface area contributed by atoms with Crippen LogP contribution in [0, 0.1) is 5.41 Å². The second-order valence-corrected chi connectivity index (χ2v) is 9.86. The molecule has 1 aliphatic carbocycles. The summed E-state index contributed by atoms with van der Waals surface area (Å²) in [5, 5.41) is 12.3. The van der Waals surface area contributed by atoms with Crippen molar-refractivity contribution >= 4 is 18.0 Å². The van der Waals surface area contributed by atoms with Gasteiger partial charge >= 0.3 is 12.1 Å². The molecule has 1 fully saturated rings. The molecule has 7 nitrogen and oxygen atoms in total. The number of rotatable bonds is 8. The highest BCUT2D eigenvalue weighted by Crippen LogP contribution is 2.44. The molecule has 1 aliphatic heterocycles. The first-order valence-electron chi connectivity index (χ1n) is 11.9. The van der Waals surface area contributed by atoms with Crippen LogP contribution in [-0.2, 0) is 14.3 Å². The van der Waals surface area contributed by atoms with E-state index in [0.717, 1.165) is 11.1 Å². The lowest BCUT2D eigenvalue weighted by molar-refractivity contribution is -0.171. The van der Waals surface area contributed by atoms with Crippen molar-refractivity contribution in [3.63, 3.8) is 0 Å². The van der Waals surface area contributed by atoms with Gasteiger partial charge in [-0.15, -0.1) is 0 Å². The molecule has 2 N–H and O–H groups in total. The van der Waals surface area contributed by atoms with Crippen molar-refractivity contribution in [3.8, 4) is 11.1 Å². The van der Waals surface area contributed by atoms with Crippen molar-refractivity contribution < 1.29 is 24.2 Å². The minimum atomic E-state index is -0.978. The number of benzene rings is 2. The SMILES string of the molecule is CCC(CCC(=O)N1CC(C)(C)C1C(=O)O)NC(=O)OCC1c2ccccc2-c2ccccc21. The van der Waals surface area contributed by atoms with Gasteiger partial charge in [0.15, 0.2) is 0 Å². The number of nitrogens with one attached hydrogen (secondary N) is 1. The fourth-order valence-corrected chi connectivity index (χ4v) is 5.25. The van der Waals surface area contributed by atoms with Crippen LogP contribution in [0.2, 0.25) is 0 Å². The number of carboxylic acid groups (broad SMARTS) is 1. The summed E-state index contributed by atoms with van der Waals surface area (Å²) in [6, 6.07) is 15.3. The van der Waals surface area contributed by atoms with Crippen LogP contribution in [-0.4, -0.2) is 53.2 Å². The number of likely N-dealkylation sites (tertiary alicyclic amines) is 1. The van der Waals surface area contributed by atoms with Gasteiger partial charge in [0.1, 0.15) is 12.6 Å². The third kappa shape index (κ3) is 4.52. The van der Waals surface area contributed by atoms with Gasteiger partial charge in [-0.25, -0.2) is 9.59 Å². The van der Waals surface area contributed by atoms with E-state index in [0.29, 0.717) is 19.4 Å². The number of hydrogen-bond donors (Lipinski definition) is 2. The van der Waals surface area contributed by atoms with E-state index in [4.69, 9.17) is 4.74 Å². The smallest absolute Gasteiger partial charge is 0.407 e. The van der Waals surface area contributed by atoms with Gasteiger partial charge in [-0.2, -0.15) is 0 Å². The van der Waals surface area contributed by atoms with Crippen LogP contribution in [0.15, 0.2) is 48.5 Å². The van der Waals surface area contributed by atoms with Crippen LogP contribution in [0.3, 0.4) is 0 Å². The van der Waals surface area contributed by atoms with E-state index in [2.05, 4.69) is 29.6 Å². The van der Waals surface area contributed by atoms with Gasteiger partial charge in [0.25, 0.3) is 0 Å². The van der Waals surface area contributed by atoms with Crippen LogP contribution in [0.5, 0.6) is 0 Å². The summed E-state index contributed by atoms with van der Waals surface area (Å²) in [7, 11) is 0. The Bertz CT molecular complexity index is 1050. The summed E-state index contributed by atoms with van der Waals surface area (Å²) in [5.41, 5.74) is 4.22. The van der Waals surface area contributed by atoms with Gasteiger partial charge < -0.3 is 20.1 Å². The van der Waals surface area contributed by atoms with Gasteiger partial charge in [0, 0.05) is 30.3 Å². The van der Waals surface area contributed by atoms with Crippen molar-refractivity contribution in [3.05, 3.63) is 59.7 Å². The molecule has 2 atom stereocenters. The number of hydrogen-bond acceptors (Lipinski definition) is 4. The molecule has 0 saturated carbocycles. The van der Waals surface area contributed by atoms with E-state index in [1.54, 1.807) is 0 Å². The first kappa shape index (κ1) is 23.8. The second-order valence-electron chi connectivity index (χ2n) is 9.86. The summed E-state index contributed by atoms with van der Waals surface area (Å²) >= 11 is 0. The summed E-state index contributed by atoms with van der Waals surface area (Å²) in [5.74, 6) is -1.18. The van der Waals surface area contributed by atoms with Crippen molar-refractivity contribution in [2.24, 2.45) is 5.41 Å². The molecule has 180 valence electrons. The van der Waals surface area contributed by atoms with E-state index in [9.17, 15) is 19.5 Å². The molecule has 0 spiro atoms. The predicted octanol–water partition coefficient (Wildman–Crippen LogP) is 4.41. The maximum Gasteiger partial charge on any atom is 0.407 e. The molecule has 2 unspecified atom stereocenters. The van der Waals surface area contributed by atoms with Crippen molar-refractivity contribution in [1.29, 1.82) is 0 Å². The average Bonchev–Trinajstić information content (AvgIpc) is 3.12. The molecule has 34 heavy (non-hydrogen) atoms. The minimum absolute atomic E-state index is 0.0115. The predicted molar refractivity (Wildman–Crippen MR) is 128 cm³/mol. The van der Waals surface area contributed by atoms with Gasteiger partial charge in [-0.1, -0.05) is 69.3 Å². The molecule has 1 heterocycles. The Morgan fingerprint density at radius 1 is 1.09 bits per heavy atom. The molecule has 2 aromatic carbocycles. The first-order valence-corrected chi connectivity index (χ1v) is 11.9. The van der Waals surface area contributed by atoms with Crippen LogP contribution < -0.4 is 5.32 Å². The van der Waals surface area contributed by atoms with Gasteiger partial charge in [-0.3, -0.25) is 4.79 Å². The lowest BCUT2D eigenvalue weighted by Crippen LogP contribution is -2.67. The maximum atomic E-state index is 12.6. The number of aliphatic carboxylic acids is 1. The summed E-state index contributed by atoms with van der Waals surface area (Å²) in [6.45, 7) is 6.30. The zero-order valence-corrected chi connectivity index (χ0v) is 19.9. The minimum Gasteiger partial charge on any atom is -0.480 e. The Kier molecular flexibility index (Phi) is 6.64. The lowest BCUT2D eigenvalue weighted by Gasteiger charge is -2.51. The van der Waals surface area contributed by atoms with Crippen LogP contribution >= 0.6 is 0 Å². The Balaban J connectivity index is 1.30. The Morgan fingerprint density at radius 2 is 1.68 bits per heavy atom. The number of carbonyl (C=O) groups excluding carboxylic acids is 2. The number of carbonyl (C=O) groups is 3. The number of fused-ring (bicyclic) bond motifs is 3. The number of alkyl carbamates (subject to hydrolysis) is 1. The molecular formula is C27H32N2O5. The summed E-state index contributed by atoms with van der Waals surface area (Å²) in [6.07, 6.45) is 0.755. The topological polar surface area (TPSA) is 95.9 Å². The van der Waals surface area contributed by atoms with E-state index >= 15 is 0 Å². The zero-order valence-electron chi connectivity index (χ0n) is 19.9. The number of amides is 2. The molecule has 2 aliphatic rings. The fourth-order valence-electron chi connectivity index (χ4n) is 5.25. The number of nitrogens with zero attached hydrogens (tertiary/aromatic N) is 1.